The molecule has 0 radical (unpaired) electrons. The molecule has 0 spiro atoms. The number of benzene rings is 2. The lowest BCUT2D eigenvalue weighted by Gasteiger charge is -2.14. The number of ether oxygens (including phenoxy) is 1. The van der Waals surface area contributed by atoms with E-state index in [1.54, 1.807) is 23.1 Å². The van der Waals surface area contributed by atoms with Gasteiger partial charge in [0.15, 0.2) is 5.65 Å². The summed E-state index contributed by atoms with van der Waals surface area (Å²) >= 11 is 0. The fraction of sp³-hybridized carbons (Fsp3) is 0.194. The molecular weight excluding hydrogens is 532 g/mol. The summed E-state index contributed by atoms with van der Waals surface area (Å²) in [5.41, 5.74) is 4.43. The third kappa shape index (κ3) is 5.44. The average Bonchev–Trinajstić information content (AvgIpc) is 3.58. The lowest BCUT2D eigenvalue weighted by atomic mass is 9.92. The Balaban J connectivity index is 1.20. The van der Waals surface area contributed by atoms with Gasteiger partial charge >= 0.3 is 11.7 Å². The number of carbonyl (C=O) groups excluding carboxylic acids is 1. The number of rotatable bonds is 7. The molecule has 0 aliphatic heterocycles. The van der Waals surface area contributed by atoms with Gasteiger partial charge in [-0.1, -0.05) is 39.0 Å². The molecular formula is C31H30N8O3. The topological polar surface area (TPSA) is 143 Å². The smallest absolute Gasteiger partial charge is 0.325 e. The summed E-state index contributed by atoms with van der Waals surface area (Å²) in [6.07, 6.45) is 3.89. The number of fused-ring (bicyclic) bond motifs is 2. The Labute approximate surface area is 241 Å². The molecule has 0 atom stereocenters. The van der Waals surface area contributed by atoms with Crippen LogP contribution in [0.2, 0.25) is 0 Å². The molecule has 2 aromatic carbocycles. The van der Waals surface area contributed by atoms with Crippen molar-refractivity contribution in [2.45, 2.75) is 32.6 Å². The average molecular weight is 563 g/mol. The molecule has 0 aliphatic carbocycles. The summed E-state index contributed by atoms with van der Waals surface area (Å²) in [5.74, 6) is 1.18. The van der Waals surface area contributed by atoms with E-state index in [4.69, 9.17) is 9.84 Å². The third-order valence-electron chi connectivity index (χ3n) is 6.83. The fourth-order valence-electron chi connectivity index (χ4n) is 4.71. The van der Waals surface area contributed by atoms with Crippen LogP contribution in [-0.4, -0.2) is 42.4 Å². The molecule has 0 unspecified atom stereocenters. The fourth-order valence-corrected chi connectivity index (χ4v) is 4.71. The Bertz CT molecular complexity index is 1950. The zero-order chi connectivity index (χ0) is 29.3. The molecule has 11 nitrogen and oxygen atoms in total. The number of carbonyl (C=O) groups is 1. The van der Waals surface area contributed by atoms with Gasteiger partial charge in [-0.15, -0.1) is 0 Å². The van der Waals surface area contributed by atoms with Crippen molar-refractivity contribution in [2.24, 2.45) is 0 Å². The SMILES string of the molecule is CC(C)(C)c1cc(NC(=O)Nc2ccc(OCCc3ccnc4[nH]c(=O)[nH]c34)c3cccnc23)n(-c2ccccc2)n1. The van der Waals surface area contributed by atoms with E-state index in [2.05, 4.69) is 51.3 Å². The van der Waals surface area contributed by atoms with Crippen molar-refractivity contribution in [1.29, 1.82) is 0 Å². The standard InChI is InChI=1S/C31H30N8O3/c1-31(2,3)24-18-25(39(38-24)20-8-5-4-6-9-20)35-29(40)34-22-11-12-23(21-10-7-15-32-27(21)22)42-17-14-19-13-16-33-28-26(19)36-30(41)37-28/h4-13,15-16,18H,14,17H2,1-3H3,(H2,34,35,40)(H2,33,36,37,41). The van der Waals surface area contributed by atoms with Crippen molar-refractivity contribution in [1.82, 2.24) is 29.7 Å². The van der Waals surface area contributed by atoms with Crippen LogP contribution in [0.5, 0.6) is 5.75 Å². The van der Waals surface area contributed by atoms with Crippen LogP contribution in [0, 0.1) is 0 Å². The third-order valence-corrected chi connectivity index (χ3v) is 6.83. The summed E-state index contributed by atoms with van der Waals surface area (Å²) in [4.78, 5) is 39.1. The van der Waals surface area contributed by atoms with Crippen LogP contribution >= 0.6 is 0 Å². The monoisotopic (exact) mass is 562 g/mol. The molecule has 2 amide bonds. The van der Waals surface area contributed by atoms with Gasteiger partial charge in [-0.2, -0.15) is 5.10 Å². The van der Waals surface area contributed by atoms with E-state index in [1.807, 2.05) is 60.7 Å². The number of nitrogens with zero attached hydrogens (tertiary/aromatic N) is 4. The Hall–Kier alpha value is -5.45. The van der Waals surface area contributed by atoms with E-state index in [9.17, 15) is 9.59 Å². The van der Waals surface area contributed by atoms with Gasteiger partial charge in [0.2, 0.25) is 0 Å². The van der Waals surface area contributed by atoms with E-state index in [1.165, 1.54) is 0 Å². The summed E-state index contributed by atoms with van der Waals surface area (Å²) in [6.45, 7) is 6.60. The second-order valence-electron chi connectivity index (χ2n) is 10.9. The van der Waals surface area contributed by atoms with Gasteiger partial charge in [0.25, 0.3) is 0 Å². The molecule has 0 saturated heterocycles. The maximum Gasteiger partial charge on any atom is 0.325 e. The molecule has 11 heteroatoms. The number of urea groups is 1. The first-order valence-electron chi connectivity index (χ1n) is 13.6. The second-order valence-corrected chi connectivity index (χ2v) is 10.9. The minimum Gasteiger partial charge on any atom is -0.493 e. The number of anilines is 2. The molecule has 4 N–H and O–H groups in total. The number of hydrogen-bond donors (Lipinski definition) is 4. The highest BCUT2D eigenvalue weighted by Crippen LogP contribution is 2.31. The number of imidazole rings is 1. The number of H-pyrrole nitrogens is 2. The Morgan fingerprint density at radius 2 is 1.79 bits per heavy atom. The summed E-state index contributed by atoms with van der Waals surface area (Å²) < 4.78 is 7.86. The van der Waals surface area contributed by atoms with E-state index < -0.39 is 6.03 Å². The highest BCUT2D eigenvalue weighted by molar-refractivity contribution is 6.06. The van der Waals surface area contributed by atoms with Crippen molar-refractivity contribution < 1.29 is 9.53 Å². The van der Waals surface area contributed by atoms with Crippen molar-refractivity contribution in [2.75, 3.05) is 17.2 Å². The molecule has 4 heterocycles. The minimum atomic E-state index is -0.421. The Morgan fingerprint density at radius 3 is 2.60 bits per heavy atom. The van der Waals surface area contributed by atoms with Gasteiger partial charge in [0, 0.05) is 35.7 Å². The van der Waals surface area contributed by atoms with E-state index in [-0.39, 0.29) is 11.1 Å². The molecule has 212 valence electrons. The van der Waals surface area contributed by atoms with Crippen LogP contribution in [0.15, 0.2) is 83.9 Å². The molecule has 0 bridgehead atoms. The van der Waals surface area contributed by atoms with E-state index in [0.717, 1.165) is 22.3 Å². The van der Waals surface area contributed by atoms with Crippen LogP contribution < -0.4 is 21.1 Å². The Morgan fingerprint density at radius 1 is 0.952 bits per heavy atom. The van der Waals surface area contributed by atoms with Crippen molar-refractivity contribution in [3.8, 4) is 11.4 Å². The highest BCUT2D eigenvalue weighted by Gasteiger charge is 2.22. The maximum atomic E-state index is 13.2. The van der Waals surface area contributed by atoms with Gasteiger partial charge < -0.3 is 15.0 Å². The number of amides is 2. The Kier molecular flexibility index (Phi) is 6.91. The van der Waals surface area contributed by atoms with E-state index in [0.29, 0.717) is 47.0 Å². The first kappa shape index (κ1) is 26.8. The number of para-hydroxylation sites is 1. The number of pyridine rings is 2. The second kappa shape index (κ2) is 10.8. The van der Waals surface area contributed by atoms with Crippen molar-refractivity contribution >= 4 is 39.6 Å². The van der Waals surface area contributed by atoms with Gasteiger partial charge in [-0.05, 0) is 48.0 Å². The minimum absolute atomic E-state index is 0.203. The van der Waals surface area contributed by atoms with Gasteiger partial charge in [0.1, 0.15) is 11.6 Å². The zero-order valence-corrected chi connectivity index (χ0v) is 23.4. The molecule has 0 fully saturated rings. The van der Waals surface area contributed by atoms with Gasteiger partial charge in [-0.25, -0.2) is 19.3 Å². The van der Waals surface area contributed by atoms with Crippen LogP contribution in [0.3, 0.4) is 0 Å². The zero-order valence-electron chi connectivity index (χ0n) is 23.4. The quantitative estimate of drug-likeness (QED) is 0.201. The van der Waals surface area contributed by atoms with E-state index >= 15 is 0 Å². The molecule has 4 aromatic heterocycles. The molecule has 42 heavy (non-hydrogen) atoms. The number of hydrogen-bond acceptors (Lipinski definition) is 6. The molecule has 0 aliphatic rings. The number of nitrogens with one attached hydrogen (secondary N) is 4. The lowest BCUT2D eigenvalue weighted by Crippen LogP contribution is -2.21. The van der Waals surface area contributed by atoms with Crippen LogP contribution in [0.25, 0.3) is 27.8 Å². The summed E-state index contributed by atoms with van der Waals surface area (Å²) in [5, 5.41) is 11.4. The molecule has 6 rings (SSSR count). The van der Waals surface area contributed by atoms with Gasteiger partial charge in [0.05, 0.1) is 34.7 Å². The predicted octanol–water partition coefficient (Wildman–Crippen LogP) is 5.55. The molecule has 0 saturated carbocycles. The lowest BCUT2D eigenvalue weighted by molar-refractivity contribution is 0.262. The van der Waals surface area contributed by atoms with Crippen molar-refractivity contribution in [3.05, 3.63) is 101 Å². The van der Waals surface area contributed by atoms with Crippen molar-refractivity contribution in [3.63, 3.8) is 0 Å². The highest BCUT2D eigenvalue weighted by atomic mass is 16.5. The largest absolute Gasteiger partial charge is 0.493 e. The van der Waals surface area contributed by atoms with Crippen LogP contribution in [0.4, 0.5) is 16.3 Å². The first-order valence-corrected chi connectivity index (χ1v) is 13.6. The van der Waals surface area contributed by atoms with Crippen LogP contribution in [0.1, 0.15) is 32.0 Å². The predicted molar refractivity (Wildman–Crippen MR) is 163 cm³/mol. The number of aromatic nitrogens is 6. The molecule has 6 aromatic rings. The summed E-state index contributed by atoms with van der Waals surface area (Å²) in [6, 6.07) is 20.3. The van der Waals surface area contributed by atoms with Gasteiger partial charge in [-0.3, -0.25) is 15.3 Å². The summed E-state index contributed by atoms with van der Waals surface area (Å²) in [7, 11) is 0. The first-order chi connectivity index (χ1) is 20.3. The number of aromatic amines is 2. The maximum absolute atomic E-state index is 13.2. The van der Waals surface area contributed by atoms with Crippen LogP contribution in [-0.2, 0) is 11.8 Å². The normalized spacial score (nSPS) is 11.6.